The van der Waals surface area contributed by atoms with Gasteiger partial charge in [-0.2, -0.15) is 0 Å². The number of aryl methyl sites for hydroxylation is 1. The van der Waals surface area contributed by atoms with Gasteiger partial charge in [-0.05, 0) is 48.6 Å². The summed E-state index contributed by atoms with van der Waals surface area (Å²) < 4.78 is 31.4. The maximum Gasteiger partial charge on any atom is 0.240 e. The number of halogens is 2. The highest BCUT2D eigenvalue weighted by Crippen LogP contribution is 2.41. The number of fused-ring (bicyclic) bond motifs is 1. The predicted octanol–water partition coefficient (Wildman–Crippen LogP) is 5.18. The van der Waals surface area contributed by atoms with E-state index in [1.807, 2.05) is 17.7 Å². The number of anilines is 2. The molecule has 0 bridgehead atoms. The van der Waals surface area contributed by atoms with Crippen molar-refractivity contribution in [3.63, 3.8) is 0 Å². The van der Waals surface area contributed by atoms with E-state index in [0.717, 1.165) is 23.9 Å². The number of methoxy groups -OCH3 is 1. The van der Waals surface area contributed by atoms with E-state index in [0.29, 0.717) is 22.2 Å². The molecule has 30 heavy (non-hydrogen) atoms. The summed E-state index contributed by atoms with van der Waals surface area (Å²) >= 11 is 12.5. The fraction of sp³-hybridized carbons (Fsp3) is 0.350. The average molecular weight is 471 g/mol. The van der Waals surface area contributed by atoms with Crippen LogP contribution in [-0.4, -0.2) is 25.1 Å². The maximum atomic E-state index is 12.0. The summed E-state index contributed by atoms with van der Waals surface area (Å²) in [5, 5.41) is 9.18. The van der Waals surface area contributed by atoms with Crippen LogP contribution in [0.2, 0.25) is 10.0 Å². The molecule has 3 rings (SSSR count). The molecule has 0 spiro atoms. The molecule has 3 N–H and O–H groups in total. The van der Waals surface area contributed by atoms with Gasteiger partial charge in [0.25, 0.3) is 0 Å². The summed E-state index contributed by atoms with van der Waals surface area (Å²) in [6.45, 7) is 4.25. The Labute approximate surface area is 186 Å². The molecule has 0 saturated carbocycles. The highest BCUT2D eigenvalue weighted by molar-refractivity contribution is 7.89. The Morgan fingerprint density at radius 1 is 1.23 bits per heavy atom. The first-order valence-corrected chi connectivity index (χ1v) is 11.7. The van der Waals surface area contributed by atoms with Crippen LogP contribution in [0.25, 0.3) is 11.0 Å². The van der Waals surface area contributed by atoms with E-state index in [1.165, 1.54) is 13.2 Å². The molecule has 0 fully saturated rings. The van der Waals surface area contributed by atoms with Crippen LogP contribution in [-0.2, 0) is 17.1 Å². The van der Waals surface area contributed by atoms with Gasteiger partial charge in [0.2, 0.25) is 16.0 Å². The predicted molar refractivity (Wildman–Crippen MR) is 122 cm³/mol. The minimum atomic E-state index is -4.00. The van der Waals surface area contributed by atoms with Crippen molar-refractivity contribution in [1.82, 2.24) is 9.55 Å². The summed E-state index contributed by atoms with van der Waals surface area (Å²) in [5.41, 5.74) is 2.81. The van der Waals surface area contributed by atoms with Crippen molar-refractivity contribution in [1.29, 1.82) is 0 Å². The zero-order chi connectivity index (χ0) is 22.2. The average Bonchev–Trinajstić information content (AvgIpc) is 2.99. The third-order valence-corrected chi connectivity index (χ3v) is 6.68. The Hall–Kier alpha value is -2.00. The van der Waals surface area contributed by atoms with Gasteiger partial charge in [0.1, 0.15) is 10.4 Å². The molecule has 10 heteroatoms. The molecular weight excluding hydrogens is 447 g/mol. The second-order valence-electron chi connectivity index (χ2n) is 7.00. The molecule has 0 saturated heterocycles. The lowest BCUT2D eigenvalue weighted by molar-refractivity contribution is 0.419. The van der Waals surface area contributed by atoms with Crippen LogP contribution in [0.15, 0.2) is 29.2 Å². The number of nitrogens with zero attached hydrogens (tertiary/aromatic N) is 2. The molecule has 162 valence electrons. The van der Waals surface area contributed by atoms with Crippen molar-refractivity contribution in [3.05, 3.63) is 39.9 Å². The van der Waals surface area contributed by atoms with E-state index in [1.54, 1.807) is 12.1 Å². The van der Waals surface area contributed by atoms with Crippen LogP contribution in [0.4, 0.5) is 11.6 Å². The fourth-order valence-electron chi connectivity index (χ4n) is 3.67. The third kappa shape index (κ3) is 4.09. The topological polar surface area (TPSA) is 99.2 Å². The minimum absolute atomic E-state index is 0.118. The van der Waals surface area contributed by atoms with Gasteiger partial charge >= 0.3 is 0 Å². The highest BCUT2D eigenvalue weighted by Gasteiger charge is 2.23. The second-order valence-corrected chi connectivity index (χ2v) is 9.37. The Morgan fingerprint density at radius 3 is 2.47 bits per heavy atom. The number of nitrogens with two attached hydrogens (primary N) is 1. The summed E-state index contributed by atoms with van der Waals surface area (Å²) in [6.07, 6.45) is 1.88. The Bertz CT molecular complexity index is 1200. The largest absolute Gasteiger partial charge is 0.493 e. The molecule has 3 aromatic rings. The third-order valence-electron chi connectivity index (χ3n) is 5.21. The van der Waals surface area contributed by atoms with Crippen molar-refractivity contribution in [2.45, 2.75) is 37.5 Å². The lowest BCUT2D eigenvalue weighted by Gasteiger charge is -2.17. The molecular formula is C20H24Cl2N4O3S. The smallest absolute Gasteiger partial charge is 0.240 e. The number of hydrogen-bond acceptors (Lipinski definition) is 5. The number of benzene rings is 2. The highest BCUT2D eigenvalue weighted by atomic mass is 35.5. The second kappa shape index (κ2) is 8.63. The molecule has 0 radical (unpaired) electrons. The van der Waals surface area contributed by atoms with Crippen LogP contribution in [0.5, 0.6) is 5.75 Å². The van der Waals surface area contributed by atoms with Gasteiger partial charge in [-0.25, -0.2) is 18.5 Å². The normalized spacial score (nSPS) is 12.0. The number of nitrogens with one attached hydrogen (secondary N) is 1. The van der Waals surface area contributed by atoms with Crippen molar-refractivity contribution >= 4 is 55.9 Å². The van der Waals surface area contributed by atoms with Gasteiger partial charge in [-0.1, -0.05) is 37.0 Å². The number of sulfonamides is 1. The molecule has 0 aliphatic heterocycles. The van der Waals surface area contributed by atoms with Crippen molar-refractivity contribution in [2.24, 2.45) is 12.2 Å². The summed E-state index contributed by atoms with van der Waals surface area (Å²) in [5.74, 6) is 1.17. The van der Waals surface area contributed by atoms with E-state index < -0.39 is 10.0 Å². The van der Waals surface area contributed by atoms with E-state index in [-0.39, 0.29) is 21.5 Å². The quantitative estimate of drug-likeness (QED) is 0.495. The monoisotopic (exact) mass is 470 g/mol. The van der Waals surface area contributed by atoms with Gasteiger partial charge in [0.15, 0.2) is 5.75 Å². The van der Waals surface area contributed by atoms with Crippen LogP contribution >= 0.6 is 23.2 Å². The molecule has 1 heterocycles. The molecule has 7 nitrogen and oxygen atoms in total. The number of aromatic nitrogens is 2. The Morgan fingerprint density at radius 2 is 1.90 bits per heavy atom. The number of ether oxygens (including phenoxy) is 1. The Balaban J connectivity index is 2.25. The standard InChI is InChI=1S/C20H24Cl2N4O3S/c1-5-11(6-2)13-10-14(22)19(29-4)17-18(13)26(3)20(25-17)24-15-8-7-12(21)9-16(15)30(23,27)28/h7-11H,5-6H2,1-4H3,(H,24,25)(H2,23,27,28). The SMILES string of the molecule is CCC(CC)c1cc(Cl)c(OC)c2nc(Nc3ccc(Cl)cc3S(N)(=O)=O)n(C)c12. The van der Waals surface area contributed by atoms with Gasteiger partial charge in [0, 0.05) is 12.1 Å². The van der Waals surface area contributed by atoms with Crippen LogP contribution in [0.3, 0.4) is 0 Å². The number of imidazole rings is 1. The van der Waals surface area contributed by atoms with Crippen molar-refractivity contribution in [2.75, 3.05) is 12.4 Å². The number of hydrogen-bond donors (Lipinski definition) is 2. The molecule has 2 aromatic carbocycles. The van der Waals surface area contributed by atoms with Gasteiger partial charge < -0.3 is 14.6 Å². The lowest BCUT2D eigenvalue weighted by Crippen LogP contribution is -2.14. The first kappa shape index (κ1) is 22.7. The summed E-state index contributed by atoms with van der Waals surface area (Å²) in [6, 6.07) is 6.35. The van der Waals surface area contributed by atoms with E-state index in [9.17, 15) is 8.42 Å². The molecule has 0 aliphatic carbocycles. The van der Waals surface area contributed by atoms with Crippen molar-refractivity contribution in [3.8, 4) is 5.75 Å². The van der Waals surface area contributed by atoms with E-state index in [2.05, 4.69) is 24.1 Å². The molecule has 0 amide bonds. The minimum Gasteiger partial charge on any atom is -0.493 e. The molecule has 0 aliphatic rings. The van der Waals surface area contributed by atoms with E-state index in [4.69, 9.17) is 33.1 Å². The lowest BCUT2D eigenvalue weighted by atomic mass is 9.92. The zero-order valence-electron chi connectivity index (χ0n) is 17.2. The van der Waals surface area contributed by atoms with E-state index >= 15 is 0 Å². The van der Waals surface area contributed by atoms with Crippen molar-refractivity contribution < 1.29 is 13.2 Å². The van der Waals surface area contributed by atoms with Gasteiger partial charge in [-0.15, -0.1) is 0 Å². The zero-order valence-corrected chi connectivity index (χ0v) is 19.5. The Kier molecular flexibility index (Phi) is 6.52. The number of primary sulfonamides is 1. The summed E-state index contributed by atoms with van der Waals surface area (Å²) in [7, 11) is -0.608. The first-order valence-electron chi connectivity index (χ1n) is 9.44. The maximum absolute atomic E-state index is 12.0. The van der Waals surface area contributed by atoms with Gasteiger partial charge in [-0.3, -0.25) is 0 Å². The molecule has 0 unspecified atom stereocenters. The molecule has 0 atom stereocenters. The number of rotatable bonds is 7. The summed E-state index contributed by atoms with van der Waals surface area (Å²) in [4.78, 5) is 4.55. The van der Waals surface area contributed by atoms with Crippen LogP contribution in [0, 0.1) is 0 Å². The van der Waals surface area contributed by atoms with Crippen LogP contribution < -0.4 is 15.2 Å². The molecule has 1 aromatic heterocycles. The van der Waals surface area contributed by atoms with Crippen LogP contribution in [0.1, 0.15) is 38.2 Å². The first-order chi connectivity index (χ1) is 14.1. The fourth-order valence-corrected chi connectivity index (χ4v) is 4.91. The van der Waals surface area contributed by atoms with Gasteiger partial charge in [0.05, 0.1) is 23.3 Å².